The molecule has 0 aliphatic rings. The fourth-order valence-electron chi connectivity index (χ4n) is 2.20. The van der Waals surface area contributed by atoms with E-state index in [4.69, 9.17) is 19.3 Å². The normalized spacial score (nSPS) is 9.75. The van der Waals surface area contributed by atoms with Crippen LogP contribution in [0, 0.1) is 11.8 Å². The molecule has 146 valence electrons. The number of rotatable bonds is 10. The molecule has 0 heterocycles. The number of aliphatic hydroxyl groups excluding tert-OH is 1. The van der Waals surface area contributed by atoms with Crippen molar-refractivity contribution in [3.8, 4) is 23.3 Å². The van der Waals surface area contributed by atoms with Crippen LogP contribution in [0.3, 0.4) is 0 Å². The molecule has 0 aromatic heterocycles. The summed E-state index contributed by atoms with van der Waals surface area (Å²) in [5.74, 6) is 7.29. The highest BCUT2D eigenvalue weighted by Gasteiger charge is 1.97. The Morgan fingerprint density at radius 2 is 1.36 bits per heavy atom. The number of aliphatic hydroxyl groups is 1. The fourth-order valence-corrected chi connectivity index (χ4v) is 2.20. The summed E-state index contributed by atoms with van der Waals surface area (Å²) >= 11 is 0. The summed E-state index contributed by atoms with van der Waals surface area (Å²) in [6, 6.07) is 15.0. The highest BCUT2D eigenvalue weighted by Crippen LogP contribution is 2.13. The molecule has 0 aliphatic carbocycles. The largest absolute Gasteiger partial charge is 0.494 e. The Labute approximate surface area is 165 Å². The minimum atomic E-state index is -0.399. The summed E-state index contributed by atoms with van der Waals surface area (Å²) in [5, 5.41) is 8.75. The van der Waals surface area contributed by atoms with Crippen molar-refractivity contribution in [2.75, 3.05) is 26.4 Å². The number of hydrogen-bond donors (Lipinski definition) is 1. The van der Waals surface area contributed by atoms with E-state index in [1.54, 1.807) is 0 Å². The smallest absolute Gasteiger partial charge is 0.330 e. The molecule has 1 N–H and O–H groups in total. The second kappa shape index (κ2) is 12.2. The van der Waals surface area contributed by atoms with Gasteiger partial charge in [0.1, 0.15) is 18.1 Å². The Morgan fingerprint density at radius 3 is 1.86 bits per heavy atom. The molecule has 0 saturated carbocycles. The van der Waals surface area contributed by atoms with Gasteiger partial charge < -0.3 is 19.3 Å². The number of unbranched alkanes of at least 4 members (excludes halogenated alkanes) is 1. The van der Waals surface area contributed by atoms with E-state index in [-0.39, 0.29) is 13.2 Å². The van der Waals surface area contributed by atoms with Crippen molar-refractivity contribution in [2.24, 2.45) is 0 Å². The van der Waals surface area contributed by atoms with Gasteiger partial charge in [-0.15, -0.1) is 0 Å². The number of hydrogen-bond acceptors (Lipinski definition) is 5. The van der Waals surface area contributed by atoms with Gasteiger partial charge in [0.2, 0.25) is 0 Å². The topological polar surface area (TPSA) is 65.0 Å². The first-order valence-electron chi connectivity index (χ1n) is 9.09. The van der Waals surface area contributed by atoms with E-state index < -0.39 is 5.97 Å². The first-order valence-corrected chi connectivity index (χ1v) is 9.09. The number of esters is 1. The zero-order chi connectivity index (χ0) is 20.0. The van der Waals surface area contributed by atoms with Crippen LogP contribution in [0.5, 0.6) is 11.5 Å². The van der Waals surface area contributed by atoms with Crippen molar-refractivity contribution < 1.29 is 24.1 Å². The summed E-state index contributed by atoms with van der Waals surface area (Å²) in [4.78, 5) is 10.9. The lowest BCUT2D eigenvalue weighted by molar-refractivity contribution is -0.137. The Bertz CT molecular complexity index is 798. The van der Waals surface area contributed by atoms with Gasteiger partial charge in [0.15, 0.2) is 0 Å². The van der Waals surface area contributed by atoms with Gasteiger partial charge in [-0.25, -0.2) is 4.79 Å². The van der Waals surface area contributed by atoms with E-state index in [0.717, 1.165) is 35.8 Å². The summed E-state index contributed by atoms with van der Waals surface area (Å²) in [5.41, 5.74) is 1.78. The summed E-state index contributed by atoms with van der Waals surface area (Å²) in [7, 11) is 0. The van der Waals surface area contributed by atoms with Crippen LogP contribution in [0.15, 0.2) is 61.2 Å². The van der Waals surface area contributed by atoms with Crippen LogP contribution in [-0.2, 0) is 9.53 Å². The zero-order valence-electron chi connectivity index (χ0n) is 15.7. The average molecular weight is 380 g/mol. The summed E-state index contributed by atoms with van der Waals surface area (Å²) in [6.07, 6.45) is 2.70. The van der Waals surface area contributed by atoms with Gasteiger partial charge in [0, 0.05) is 17.2 Å². The molecule has 0 atom stereocenters. The first kappa shape index (κ1) is 21.1. The maximum atomic E-state index is 10.9. The minimum Gasteiger partial charge on any atom is -0.494 e. The molecule has 2 aromatic carbocycles. The molecular weight excluding hydrogens is 356 g/mol. The van der Waals surface area contributed by atoms with Gasteiger partial charge in [-0.3, -0.25) is 0 Å². The first-order chi connectivity index (χ1) is 13.7. The third kappa shape index (κ3) is 7.98. The molecule has 5 nitrogen and oxygen atoms in total. The number of benzene rings is 2. The third-order valence-electron chi connectivity index (χ3n) is 3.64. The van der Waals surface area contributed by atoms with Crippen LogP contribution in [0.2, 0.25) is 0 Å². The number of carbonyl (C=O) groups excluding carboxylic acids is 1. The maximum absolute atomic E-state index is 10.9. The highest BCUT2D eigenvalue weighted by atomic mass is 16.5. The van der Waals surface area contributed by atoms with Crippen LogP contribution in [0.25, 0.3) is 0 Å². The van der Waals surface area contributed by atoms with Crippen molar-refractivity contribution in [1.29, 1.82) is 0 Å². The Balaban J connectivity index is 1.74. The van der Waals surface area contributed by atoms with Crippen molar-refractivity contribution in [2.45, 2.75) is 12.8 Å². The van der Waals surface area contributed by atoms with E-state index in [0.29, 0.717) is 19.0 Å². The molecule has 0 saturated heterocycles. The van der Waals surface area contributed by atoms with Gasteiger partial charge in [-0.05, 0) is 61.4 Å². The van der Waals surface area contributed by atoms with Gasteiger partial charge in [-0.1, -0.05) is 18.4 Å². The van der Waals surface area contributed by atoms with Gasteiger partial charge in [-0.2, -0.15) is 0 Å². The van der Waals surface area contributed by atoms with E-state index >= 15 is 0 Å². The van der Waals surface area contributed by atoms with E-state index in [1.807, 2.05) is 48.5 Å². The lowest BCUT2D eigenvalue weighted by atomic mass is 10.2. The maximum Gasteiger partial charge on any atom is 0.330 e. The lowest BCUT2D eigenvalue weighted by Gasteiger charge is -2.06. The SMILES string of the molecule is C=CC(=O)OCCCCOc1ccc(C#Cc2ccc(OCCO)cc2)cc1. The Morgan fingerprint density at radius 1 is 0.857 bits per heavy atom. The summed E-state index contributed by atoms with van der Waals surface area (Å²) < 4.78 is 15.9. The number of carbonyl (C=O) groups is 1. The minimum absolute atomic E-state index is 0.00752. The second-order valence-corrected chi connectivity index (χ2v) is 5.80. The molecule has 2 rings (SSSR count). The van der Waals surface area contributed by atoms with Gasteiger partial charge in [0.05, 0.1) is 19.8 Å². The zero-order valence-corrected chi connectivity index (χ0v) is 15.7. The average Bonchev–Trinajstić information content (AvgIpc) is 2.74. The quantitative estimate of drug-likeness (QED) is 0.296. The van der Waals surface area contributed by atoms with Crippen LogP contribution in [0.4, 0.5) is 0 Å². The second-order valence-electron chi connectivity index (χ2n) is 5.80. The number of ether oxygens (including phenoxy) is 3. The molecule has 0 aliphatic heterocycles. The highest BCUT2D eigenvalue weighted by molar-refractivity contribution is 5.81. The molecule has 0 spiro atoms. The van der Waals surface area contributed by atoms with E-state index in [9.17, 15) is 4.79 Å². The van der Waals surface area contributed by atoms with E-state index in [2.05, 4.69) is 18.4 Å². The lowest BCUT2D eigenvalue weighted by Crippen LogP contribution is -2.04. The van der Waals surface area contributed by atoms with Crippen LogP contribution < -0.4 is 9.47 Å². The van der Waals surface area contributed by atoms with E-state index in [1.165, 1.54) is 0 Å². The Kier molecular flexibility index (Phi) is 9.19. The molecule has 0 fully saturated rings. The van der Waals surface area contributed by atoms with Gasteiger partial charge in [0.25, 0.3) is 0 Å². The van der Waals surface area contributed by atoms with Crippen LogP contribution in [-0.4, -0.2) is 37.5 Å². The molecule has 0 radical (unpaired) electrons. The molecule has 2 aromatic rings. The molecule has 5 heteroatoms. The molecule has 28 heavy (non-hydrogen) atoms. The molecule has 0 amide bonds. The predicted molar refractivity (Wildman–Crippen MR) is 107 cm³/mol. The van der Waals surface area contributed by atoms with Crippen LogP contribution in [0.1, 0.15) is 24.0 Å². The standard InChI is InChI=1S/C23H24O5/c1-2-23(25)28-17-4-3-16-26-21-11-7-19(8-12-21)5-6-20-9-13-22(14-10-20)27-18-15-24/h2,7-14,24H,1,3-4,15-18H2. The van der Waals surface area contributed by atoms with Crippen molar-refractivity contribution in [3.63, 3.8) is 0 Å². The predicted octanol–water partition coefficient (Wildman–Crippen LogP) is 3.35. The van der Waals surface area contributed by atoms with Crippen LogP contribution >= 0.6 is 0 Å². The van der Waals surface area contributed by atoms with Crippen molar-refractivity contribution in [1.82, 2.24) is 0 Å². The Hall–Kier alpha value is -3.23. The van der Waals surface area contributed by atoms with Gasteiger partial charge >= 0.3 is 5.97 Å². The third-order valence-corrected chi connectivity index (χ3v) is 3.64. The summed E-state index contributed by atoms with van der Waals surface area (Å²) in [6.45, 7) is 4.55. The molecule has 0 bridgehead atoms. The van der Waals surface area contributed by atoms with Crippen molar-refractivity contribution >= 4 is 5.97 Å². The molecular formula is C23H24O5. The fraction of sp³-hybridized carbons (Fsp3) is 0.261. The monoisotopic (exact) mass is 380 g/mol. The molecule has 0 unspecified atom stereocenters. The van der Waals surface area contributed by atoms with Crippen molar-refractivity contribution in [3.05, 3.63) is 72.3 Å².